The number of ether oxygens (including phenoxy) is 3. The molecule has 3 rings (SSSR count). The molecule has 2 aromatic carbocycles. The number of H-pyrrole nitrogens is 1. The highest BCUT2D eigenvalue weighted by atomic mass is 35.5. The molecule has 1 unspecified atom stereocenters. The van der Waals surface area contributed by atoms with E-state index >= 15 is 0 Å². The Morgan fingerprint density at radius 1 is 1.11 bits per heavy atom. The summed E-state index contributed by atoms with van der Waals surface area (Å²) in [6.45, 7) is -0.224. The van der Waals surface area contributed by atoms with Crippen molar-refractivity contribution in [1.29, 1.82) is 0 Å². The van der Waals surface area contributed by atoms with Gasteiger partial charge >= 0.3 is 5.97 Å². The maximum atomic E-state index is 12.1. The summed E-state index contributed by atoms with van der Waals surface area (Å²) >= 11 is 5.80. The van der Waals surface area contributed by atoms with Crippen molar-refractivity contribution < 1.29 is 24.1 Å². The van der Waals surface area contributed by atoms with E-state index in [1.807, 2.05) is 12.1 Å². The van der Waals surface area contributed by atoms with E-state index in [0.717, 1.165) is 11.3 Å². The van der Waals surface area contributed by atoms with E-state index in [9.17, 15) is 9.90 Å². The van der Waals surface area contributed by atoms with Crippen molar-refractivity contribution >= 4 is 17.6 Å². The van der Waals surface area contributed by atoms with Crippen LogP contribution in [0, 0.1) is 0 Å². The Kier molecular flexibility index (Phi) is 6.52. The molecular formula is C20H19ClN2O5. The molecule has 0 saturated carbocycles. The maximum Gasteiger partial charge on any atom is 0.356 e. The second kappa shape index (κ2) is 9.25. The van der Waals surface area contributed by atoms with Gasteiger partial charge in [0.15, 0.2) is 0 Å². The minimum Gasteiger partial charge on any atom is -0.497 e. The summed E-state index contributed by atoms with van der Waals surface area (Å²) in [5.74, 6) is 0.680. The number of hydrogen-bond donors (Lipinski definition) is 2. The Labute approximate surface area is 166 Å². The number of nitrogens with one attached hydrogen (secondary N) is 1. The molecule has 8 heteroatoms. The number of nitrogens with zero attached hydrogens (tertiary/aromatic N) is 1. The predicted octanol–water partition coefficient (Wildman–Crippen LogP) is 3.34. The fourth-order valence-corrected chi connectivity index (χ4v) is 2.48. The van der Waals surface area contributed by atoms with Crippen LogP contribution in [0.1, 0.15) is 10.5 Å². The van der Waals surface area contributed by atoms with Crippen LogP contribution in [-0.4, -0.2) is 47.7 Å². The second-order valence-corrected chi connectivity index (χ2v) is 6.35. The summed E-state index contributed by atoms with van der Waals surface area (Å²) in [4.78, 5) is 12.1. The average molecular weight is 403 g/mol. The molecule has 0 fully saturated rings. The lowest BCUT2D eigenvalue weighted by Crippen LogP contribution is -2.25. The number of aliphatic hydroxyl groups excluding tert-OH is 1. The molecule has 0 aliphatic rings. The molecule has 0 amide bonds. The fraction of sp³-hybridized carbons (Fsp3) is 0.200. The van der Waals surface area contributed by atoms with Crippen molar-refractivity contribution in [2.24, 2.45) is 0 Å². The van der Waals surface area contributed by atoms with Gasteiger partial charge in [-0.2, -0.15) is 5.10 Å². The van der Waals surface area contributed by atoms with Crippen LogP contribution in [0.5, 0.6) is 11.5 Å². The molecule has 1 aromatic heterocycles. The lowest BCUT2D eigenvalue weighted by Gasteiger charge is -2.12. The van der Waals surface area contributed by atoms with E-state index in [1.165, 1.54) is 0 Å². The first kappa shape index (κ1) is 19.7. The molecular weight excluding hydrogens is 384 g/mol. The monoisotopic (exact) mass is 402 g/mol. The van der Waals surface area contributed by atoms with Crippen molar-refractivity contribution in [3.63, 3.8) is 0 Å². The molecule has 0 spiro atoms. The van der Waals surface area contributed by atoms with Crippen molar-refractivity contribution in [3.8, 4) is 22.8 Å². The number of aromatic nitrogens is 2. The number of esters is 1. The van der Waals surface area contributed by atoms with Gasteiger partial charge in [0.1, 0.15) is 36.5 Å². The number of aromatic amines is 1. The van der Waals surface area contributed by atoms with E-state index in [-0.39, 0.29) is 18.9 Å². The summed E-state index contributed by atoms with van der Waals surface area (Å²) in [5.41, 5.74) is 1.62. The summed E-state index contributed by atoms with van der Waals surface area (Å²) in [6.07, 6.45) is -0.969. The number of benzene rings is 2. The SMILES string of the molecule is COc1ccc(-c2cc(C(=O)OCC(O)COc3ccc(Cl)cc3)[nH]n2)cc1. The van der Waals surface area contributed by atoms with Crippen molar-refractivity contribution in [2.45, 2.75) is 6.10 Å². The number of aliphatic hydroxyl groups is 1. The standard InChI is InChI=1S/C20H19ClN2O5/c1-26-16-6-2-13(3-7-16)18-10-19(23-22-18)20(25)28-12-15(24)11-27-17-8-4-14(21)5-9-17/h2-10,15,24H,11-12H2,1H3,(H,22,23). The van der Waals surface area contributed by atoms with Gasteiger partial charge in [-0.1, -0.05) is 11.6 Å². The van der Waals surface area contributed by atoms with E-state index in [2.05, 4.69) is 10.2 Å². The molecule has 3 aromatic rings. The van der Waals surface area contributed by atoms with Crippen molar-refractivity contribution in [3.05, 3.63) is 65.3 Å². The quantitative estimate of drug-likeness (QED) is 0.561. The second-order valence-electron chi connectivity index (χ2n) is 5.91. The first-order valence-electron chi connectivity index (χ1n) is 8.48. The summed E-state index contributed by atoms with van der Waals surface area (Å²) in [5, 5.41) is 17.3. The van der Waals surface area contributed by atoms with Crippen molar-refractivity contribution in [2.75, 3.05) is 20.3 Å². The summed E-state index contributed by atoms with van der Waals surface area (Å²) in [7, 11) is 1.59. The zero-order valence-electron chi connectivity index (χ0n) is 15.1. The molecule has 2 N–H and O–H groups in total. The fourth-order valence-electron chi connectivity index (χ4n) is 2.36. The minimum atomic E-state index is -0.969. The van der Waals surface area contributed by atoms with Gasteiger partial charge in [0.25, 0.3) is 0 Å². The Balaban J connectivity index is 1.49. The van der Waals surface area contributed by atoms with Crippen molar-refractivity contribution in [1.82, 2.24) is 10.2 Å². The smallest absolute Gasteiger partial charge is 0.356 e. The molecule has 0 bridgehead atoms. The van der Waals surface area contributed by atoms with Gasteiger partial charge in [-0.25, -0.2) is 4.79 Å². The largest absolute Gasteiger partial charge is 0.497 e. The molecule has 0 aliphatic heterocycles. The third-order valence-corrected chi connectivity index (χ3v) is 4.10. The topological polar surface area (TPSA) is 93.7 Å². The van der Waals surface area contributed by atoms with Crippen LogP contribution in [0.4, 0.5) is 0 Å². The van der Waals surface area contributed by atoms with Crippen LogP contribution in [0.15, 0.2) is 54.6 Å². The normalized spacial score (nSPS) is 11.7. The molecule has 28 heavy (non-hydrogen) atoms. The predicted molar refractivity (Wildman–Crippen MR) is 104 cm³/mol. The van der Waals surface area contributed by atoms with Gasteiger partial charge in [-0.05, 0) is 54.6 Å². The lowest BCUT2D eigenvalue weighted by atomic mass is 10.1. The lowest BCUT2D eigenvalue weighted by molar-refractivity contribution is 0.0125. The van der Waals surface area contributed by atoms with E-state index < -0.39 is 12.1 Å². The molecule has 146 valence electrons. The van der Waals surface area contributed by atoms with Gasteiger partial charge in [0.05, 0.1) is 12.8 Å². The molecule has 0 saturated heterocycles. The molecule has 0 aliphatic carbocycles. The summed E-state index contributed by atoms with van der Waals surface area (Å²) in [6, 6.07) is 15.6. The highest BCUT2D eigenvalue weighted by Gasteiger charge is 2.15. The number of hydrogen-bond acceptors (Lipinski definition) is 6. The maximum absolute atomic E-state index is 12.1. The van der Waals surface area contributed by atoms with E-state index in [4.69, 9.17) is 25.8 Å². The molecule has 1 atom stereocenters. The van der Waals surface area contributed by atoms with Crippen LogP contribution in [0.25, 0.3) is 11.3 Å². The Morgan fingerprint density at radius 2 is 1.79 bits per heavy atom. The van der Waals surface area contributed by atoms with Crippen LogP contribution in [0.3, 0.4) is 0 Å². The zero-order valence-corrected chi connectivity index (χ0v) is 15.8. The average Bonchev–Trinajstić information content (AvgIpc) is 3.22. The van der Waals surface area contributed by atoms with Crippen LogP contribution in [0.2, 0.25) is 5.02 Å². The number of halogens is 1. The third kappa shape index (κ3) is 5.25. The Hall–Kier alpha value is -3.03. The Morgan fingerprint density at radius 3 is 2.46 bits per heavy atom. The van der Waals surface area contributed by atoms with E-state index in [0.29, 0.717) is 16.5 Å². The first-order chi connectivity index (χ1) is 13.5. The molecule has 1 heterocycles. The van der Waals surface area contributed by atoms with Gasteiger partial charge in [-0.3, -0.25) is 5.10 Å². The number of rotatable bonds is 8. The number of carbonyl (C=O) groups is 1. The van der Waals surface area contributed by atoms with E-state index in [1.54, 1.807) is 49.6 Å². The zero-order chi connectivity index (χ0) is 19.9. The third-order valence-electron chi connectivity index (χ3n) is 3.85. The molecule has 7 nitrogen and oxygen atoms in total. The first-order valence-corrected chi connectivity index (χ1v) is 8.86. The van der Waals surface area contributed by atoms with Gasteiger partial charge < -0.3 is 19.3 Å². The molecule has 0 radical (unpaired) electrons. The Bertz CT molecular complexity index is 909. The highest BCUT2D eigenvalue weighted by molar-refractivity contribution is 6.30. The van der Waals surface area contributed by atoms with Gasteiger partial charge in [0, 0.05) is 10.6 Å². The van der Waals surface area contributed by atoms with Crippen LogP contribution in [-0.2, 0) is 4.74 Å². The van der Waals surface area contributed by atoms with Crippen LogP contribution < -0.4 is 9.47 Å². The van der Waals surface area contributed by atoms with Crippen LogP contribution >= 0.6 is 11.6 Å². The number of methoxy groups -OCH3 is 1. The highest BCUT2D eigenvalue weighted by Crippen LogP contribution is 2.21. The minimum absolute atomic E-state index is 0.0189. The summed E-state index contributed by atoms with van der Waals surface area (Å²) < 4.78 is 15.6. The van der Waals surface area contributed by atoms with Gasteiger partial charge in [0.2, 0.25) is 0 Å². The van der Waals surface area contributed by atoms with Gasteiger partial charge in [-0.15, -0.1) is 0 Å². The number of carbonyl (C=O) groups excluding carboxylic acids is 1.